The molecule has 0 heterocycles. The van der Waals surface area contributed by atoms with Gasteiger partial charge in [-0.3, -0.25) is 14.4 Å². The summed E-state index contributed by atoms with van der Waals surface area (Å²) < 4.78 is 16.8. The van der Waals surface area contributed by atoms with Gasteiger partial charge in [0.2, 0.25) is 0 Å². The summed E-state index contributed by atoms with van der Waals surface area (Å²) >= 11 is 0. The number of hydrogen-bond donors (Lipinski definition) is 0. The van der Waals surface area contributed by atoms with Crippen molar-refractivity contribution in [3.63, 3.8) is 0 Å². The highest BCUT2D eigenvalue weighted by Gasteiger charge is 2.19. The number of ether oxygens (including phenoxy) is 3. The molecule has 0 amide bonds. The van der Waals surface area contributed by atoms with E-state index in [0.717, 1.165) is 64.2 Å². The first kappa shape index (κ1) is 60.2. The largest absolute Gasteiger partial charge is 0.462 e. The van der Waals surface area contributed by atoms with Crippen molar-refractivity contribution in [1.29, 1.82) is 0 Å². The summed E-state index contributed by atoms with van der Waals surface area (Å²) in [5.41, 5.74) is 0. The van der Waals surface area contributed by atoms with Gasteiger partial charge in [0, 0.05) is 19.3 Å². The molecule has 0 spiro atoms. The lowest BCUT2D eigenvalue weighted by atomic mass is 10.0. The Bertz CT molecular complexity index is 962. The summed E-state index contributed by atoms with van der Waals surface area (Å²) in [6, 6.07) is 0. The van der Waals surface area contributed by atoms with Gasteiger partial charge >= 0.3 is 17.9 Å². The molecule has 0 unspecified atom stereocenters. The average molecular weight is 875 g/mol. The smallest absolute Gasteiger partial charge is 0.306 e. The predicted molar refractivity (Wildman–Crippen MR) is 266 cm³/mol. The van der Waals surface area contributed by atoms with Gasteiger partial charge in [-0.05, 0) is 38.5 Å². The molecule has 0 aliphatic heterocycles. The van der Waals surface area contributed by atoms with Crippen molar-refractivity contribution in [1.82, 2.24) is 0 Å². The molecule has 0 rings (SSSR count). The zero-order chi connectivity index (χ0) is 45.1. The Morgan fingerprint density at radius 1 is 0.306 bits per heavy atom. The van der Waals surface area contributed by atoms with E-state index in [9.17, 15) is 14.4 Å². The van der Waals surface area contributed by atoms with Gasteiger partial charge in [-0.25, -0.2) is 0 Å². The van der Waals surface area contributed by atoms with Gasteiger partial charge in [-0.2, -0.15) is 0 Å². The molecule has 6 heteroatoms. The molecule has 0 aromatic carbocycles. The monoisotopic (exact) mass is 875 g/mol. The van der Waals surface area contributed by atoms with Crippen LogP contribution in [0.5, 0.6) is 0 Å². The second-order valence-corrected chi connectivity index (χ2v) is 18.9. The van der Waals surface area contributed by atoms with Crippen LogP contribution in [0.1, 0.15) is 310 Å². The highest BCUT2D eigenvalue weighted by atomic mass is 16.6. The van der Waals surface area contributed by atoms with Gasteiger partial charge in [-0.15, -0.1) is 0 Å². The lowest BCUT2D eigenvalue weighted by molar-refractivity contribution is -0.167. The van der Waals surface area contributed by atoms with Crippen LogP contribution in [0.4, 0.5) is 0 Å². The predicted octanol–water partition coefficient (Wildman–Crippen LogP) is 18.2. The topological polar surface area (TPSA) is 78.9 Å². The number of unbranched alkanes of at least 4 members (excludes halogenated alkanes) is 38. The molecule has 0 aliphatic carbocycles. The van der Waals surface area contributed by atoms with E-state index in [4.69, 9.17) is 14.2 Å². The summed E-state index contributed by atoms with van der Waals surface area (Å²) in [6.45, 7) is 6.64. The highest BCUT2D eigenvalue weighted by molar-refractivity contribution is 5.71. The van der Waals surface area contributed by atoms with Gasteiger partial charge in [0.25, 0.3) is 0 Å². The number of carbonyl (C=O) groups excluding carboxylic acids is 3. The Balaban J connectivity index is 4.26. The highest BCUT2D eigenvalue weighted by Crippen LogP contribution is 2.17. The maximum absolute atomic E-state index is 12.8. The zero-order valence-corrected chi connectivity index (χ0v) is 41.9. The molecular weight excluding hydrogens is 769 g/mol. The summed E-state index contributed by atoms with van der Waals surface area (Å²) in [5, 5.41) is 0. The summed E-state index contributed by atoms with van der Waals surface area (Å²) in [4.78, 5) is 38.0. The summed E-state index contributed by atoms with van der Waals surface area (Å²) in [6.07, 6.45) is 57.7. The van der Waals surface area contributed by atoms with Gasteiger partial charge < -0.3 is 14.2 Å². The molecular formula is C56H106O6. The summed E-state index contributed by atoms with van der Waals surface area (Å²) in [5.74, 6) is -0.856. The minimum absolute atomic E-state index is 0.0669. The lowest BCUT2D eigenvalue weighted by Gasteiger charge is -2.18. The first-order valence-electron chi connectivity index (χ1n) is 27.7. The Labute approximate surface area is 386 Å². The van der Waals surface area contributed by atoms with Crippen LogP contribution in [0, 0.1) is 0 Å². The fraction of sp³-hybridized carbons (Fsp3) is 0.911. The van der Waals surface area contributed by atoms with Crippen LogP contribution in [-0.4, -0.2) is 37.2 Å². The van der Waals surface area contributed by atoms with E-state index in [0.29, 0.717) is 19.3 Å². The SMILES string of the molecule is CCCC/C=C\CCCCCCCC(=O)OC[C@H](COC(=O)CCCCCCCCCCCCCCCCCCCCC)OC(=O)CCCCCCCCCCCCCCCC. The molecule has 62 heavy (non-hydrogen) atoms. The first-order chi connectivity index (χ1) is 30.5. The minimum Gasteiger partial charge on any atom is -0.462 e. The molecule has 0 aliphatic rings. The van der Waals surface area contributed by atoms with Crippen LogP contribution in [-0.2, 0) is 28.6 Å². The van der Waals surface area contributed by atoms with E-state index in [1.165, 1.54) is 205 Å². The van der Waals surface area contributed by atoms with E-state index in [1.807, 2.05) is 0 Å². The molecule has 0 radical (unpaired) electrons. The fourth-order valence-corrected chi connectivity index (χ4v) is 8.31. The van der Waals surface area contributed by atoms with E-state index >= 15 is 0 Å². The Morgan fingerprint density at radius 2 is 0.548 bits per heavy atom. The maximum atomic E-state index is 12.8. The van der Waals surface area contributed by atoms with Crippen molar-refractivity contribution < 1.29 is 28.6 Å². The zero-order valence-electron chi connectivity index (χ0n) is 41.9. The van der Waals surface area contributed by atoms with Crippen LogP contribution in [0.25, 0.3) is 0 Å². The fourth-order valence-electron chi connectivity index (χ4n) is 8.31. The third-order valence-corrected chi connectivity index (χ3v) is 12.5. The summed E-state index contributed by atoms with van der Waals surface area (Å²) in [7, 11) is 0. The van der Waals surface area contributed by atoms with Crippen molar-refractivity contribution in [2.45, 2.75) is 316 Å². The minimum atomic E-state index is -0.766. The molecule has 0 saturated carbocycles. The second kappa shape index (κ2) is 51.8. The third kappa shape index (κ3) is 49.2. The van der Waals surface area contributed by atoms with E-state index in [-0.39, 0.29) is 31.1 Å². The Morgan fingerprint density at radius 3 is 0.855 bits per heavy atom. The third-order valence-electron chi connectivity index (χ3n) is 12.5. The van der Waals surface area contributed by atoms with Crippen LogP contribution < -0.4 is 0 Å². The maximum Gasteiger partial charge on any atom is 0.306 e. The molecule has 6 nitrogen and oxygen atoms in total. The van der Waals surface area contributed by atoms with Crippen LogP contribution in [0.3, 0.4) is 0 Å². The number of hydrogen-bond acceptors (Lipinski definition) is 6. The van der Waals surface area contributed by atoms with Gasteiger partial charge in [0.15, 0.2) is 6.10 Å². The molecule has 0 N–H and O–H groups in total. The van der Waals surface area contributed by atoms with Crippen LogP contribution >= 0.6 is 0 Å². The first-order valence-corrected chi connectivity index (χ1v) is 27.7. The lowest BCUT2D eigenvalue weighted by Crippen LogP contribution is -2.30. The van der Waals surface area contributed by atoms with E-state index < -0.39 is 6.10 Å². The second-order valence-electron chi connectivity index (χ2n) is 18.9. The van der Waals surface area contributed by atoms with Gasteiger partial charge in [0.1, 0.15) is 13.2 Å². The van der Waals surface area contributed by atoms with Crippen molar-refractivity contribution in [2.75, 3.05) is 13.2 Å². The number of carbonyl (C=O) groups is 3. The van der Waals surface area contributed by atoms with Crippen molar-refractivity contribution in [3.05, 3.63) is 12.2 Å². The average Bonchev–Trinajstić information content (AvgIpc) is 3.27. The van der Waals surface area contributed by atoms with E-state index in [2.05, 4.69) is 32.9 Å². The van der Waals surface area contributed by atoms with Crippen LogP contribution in [0.15, 0.2) is 12.2 Å². The molecule has 366 valence electrons. The van der Waals surface area contributed by atoms with Crippen molar-refractivity contribution in [3.8, 4) is 0 Å². The molecule has 0 fully saturated rings. The number of esters is 3. The molecule has 0 aromatic heterocycles. The van der Waals surface area contributed by atoms with Gasteiger partial charge in [0.05, 0.1) is 0 Å². The van der Waals surface area contributed by atoms with Gasteiger partial charge in [-0.1, -0.05) is 264 Å². The number of rotatable bonds is 51. The molecule has 0 bridgehead atoms. The van der Waals surface area contributed by atoms with Crippen molar-refractivity contribution >= 4 is 17.9 Å². The molecule has 0 saturated heterocycles. The number of allylic oxidation sites excluding steroid dienone is 2. The van der Waals surface area contributed by atoms with E-state index in [1.54, 1.807) is 0 Å². The standard InChI is InChI=1S/C56H106O6/c1-4-7-10-13-16-19-22-24-26-27-28-29-30-32-34-37-40-43-46-49-55(58)61-52-53(51-60-54(57)48-45-42-39-36-33-21-18-15-12-9-6-3)62-56(59)50-47-44-41-38-35-31-25-23-20-17-14-11-8-5-2/h15,18,53H,4-14,16-17,19-52H2,1-3H3/b18-15-/t53-/m1/s1. The molecule has 0 aromatic rings. The van der Waals surface area contributed by atoms with Crippen molar-refractivity contribution in [2.24, 2.45) is 0 Å². The normalized spacial score (nSPS) is 12.0. The van der Waals surface area contributed by atoms with Crippen LogP contribution in [0.2, 0.25) is 0 Å². The Hall–Kier alpha value is -1.85. The quantitative estimate of drug-likeness (QED) is 0.0262. The Kier molecular flexibility index (Phi) is 50.2. The molecule has 1 atom stereocenters.